The molecule has 0 saturated carbocycles. The molecule has 0 spiro atoms. The second-order valence-corrected chi connectivity index (χ2v) is 16.6. The van der Waals surface area contributed by atoms with Crippen LogP contribution < -0.4 is 10.2 Å². The van der Waals surface area contributed by atoms with Gasteiger partial charge in [0.15, 0.2) is 5.71 Å². The highest BCUT2D eigenvalue weighted by atomic mass is 35.5. The molecule has 7 rings (SSSR count). The Morgan fingerprint density at radius 2 is 1.60 bits per heavy atom. The van der Waals surface area contributed by atoms with Crippen molar-refractivity contribution >= 4 is 72.4 Å². The Kier molecular flexibility index (Phi) is 8.67. The molecule has 3 aliphatic rings. The van der Waals surface area contributed by atoms with Crippen LogP contribution in [0.2, 0.25) is 0 Å². The summed E-state index contributed by atoms with van der Waals surface area (Å²) >= 11 is 7.93. The molecule has 0 aromatic heterocycles. The van der Waals surface area contributed by atoms with Crippen molar-refractivity contribution in [2.75, 3.05) is 19.0 Å². The van der Waals surface area contributed by atoms with Gasteiger partial charge >= 0.3 is 0 Å². The van der Waals surface area contributed by atoms with Gasteiger partial charge in [-0.25, -0.2) is 8.42 Å². The van der Waals surface area contributed by atoms with Crippen molar-refractivity contribution in [2.24, 2.45) is 0 Å². The van der Waals surface area contributed by atoms with Gasteiger partial charge in [0.05, 0.1) is 22.4 Å². The van der Waals surface area contributed by atoms with E-state index in [-0.39, 0.29) is 15.7 Å². The summed E-state index contributed by atoms with van der Waals surface area (Å²) in [5.41, 5.74) is 8.27. The van der Waals surface area contributed by atoms with Gasteiger partial charge in [-0.3, -0.25) is 5.04 Å². The van der Waals surface area contributed by atoms with Crippen molar-refractivity contribution in [3.63, 3.8) is 0 Å². The molecule has 0 saturated heterocycles. The zero-order valence-electron chi connectivity index (χ0n) is 28.5. The van der Waals surface area contributed by atoms with E-state index >= 15 is 0 Å². The molecule has 0 unspecified atom stereocenters. The predicted molar refractivity (Wildman–Crippen MR) is 197 cm³/mol. The first kappa shape index (κ1) is 34.7. The van der Waals surface area contributed by atoms with Gasteiger partial charge < -0.3 is 14.7 Å². The molecule has 2 heterocycles. The Hall–Kier alpha value is -3.74. The highest BCUT2D eigenvalue weighted by Gasteiger charge is 2.44. The summed E-state index contributed by atoms with van der Waals surface area (Å²) in [5.74, 6) is 0. The van der Waals surface area contributed by atoms with Crippen LogP contribution in [0.15, 0.2) is 117 Å². The maximum Gasteiger partial charge on any atom is 0.210 e. The molecule has 258 valence electrons. The van der Waals surface area contributed by atoms with Crippen molar-refractivity contribution in [1.29, 1.82) is 0 Å². The highest BCUT2D eigenvalue weighted by molar-refractivity contribution is 7.94. The molecule has 0 radical (unpaired) electrons. The van der Waals surface area contributed by atoms with Crippen LogP contribution in [-0.2, 0) is 30.3 Å². The summed E-state index contributed by atoms with van der Waals surface area (Å²) < 4.78 is 41.7. The number of anilines is 1. The Balaban J connectivity index is 1.17. The highest BCUT2D eigenvalue weighted by Crippen LogP contribution is 2.51. The van der Waals surface area contributed by atoms with E-state index in [1.165, 1.54) is 17.7 Å². The third-order valence-electron chi connectivity index (χ3n) is 10.5. The number of nitrogens with zero attached hydrogens (tertiary/aromatic N) is 2. The number of benzene rings is 4. The van der Waals surface area contributed by atoms with E-state index in [2.05, 4.69) is 96.1 Å². The van der Waals surface area contributed by atoms with Gasteiger partial charge in [-0.1, -0.05) is 55.8 Å². The first-order chi connectivity index (χ1) is 23.6. The van der Waals surface area contributed by atoms with Gasteiger partial charge in [-0.05, 0) is 107 Å². The normalized spacial score (nSPS) is 20.1. The van der Waals surface area contributed by atoms with E-state index in [9.17, 15) is 18.2 Å². The Bertz CT molecular complexity index is 2390. The molecule has 11 heteroatoms. The zero-order valence-corrected chi connectivity index (χ0v) is 30.9. The van der Waals surface area contributed by atoms with Crippen LogP contribution in [0.5, 0.6) is 0 Å². The lowest BCUT2D eigenvalue weighted by Gasteiger charge is -2.24. The third kappa shape index (κ3) is 5.63. The van der Waals surface area contributed by atoms with Gasteiger partial charge in [-0.2, -0.15) is 8.91 Å². The SMILES string of the molecule is CN1C(=CC=C2CCC(C=CC3=[N+](C)c4ccc5cc(S(=O)(=O)[O-])ccc5c4C3(C)C)=C2Cl)C(C)(C)c2c1ccc1cc(SOO[O-])ccc21. The number of allylic oxidation sites excluding steroid dienone is 8. The van der Waals surface area contributed by atoms with Gasteiger partial charge in [0, 0.05) is 51.5 Å². The second kappa shape index (κ2) is 12.5. The number of fused-ring (bicyclic) bond motifs is 6. The number of halogens is 1. The average Bonchev–Trinajstić information content (AvgIpc) is 3.59. The minimum absolute atomic E-state index is 0.226. The largest absolute Gasteiger partial charge is 0.744 e. The van der Waals surface area contributed by atoms with Crippen LogP contribution in [0.3, 0.4) is 0 Å². The first-order valence-electron chi connectivity index (χ1n) is 16.2. The Morgan fingerprint density at radius 1 is 0.900 bits per heavy atom. The molecule has 2 aliphatic heterocycles. The summed E-state index contributed by atoms with van der Waals surface area (Å²) in [6, 6.07) is 18.6. The molecule has 1 aliphatic carbocycles. The van der Waals surface area contributed by atoms with Crippen molar-refractivity contribution < 1.29 is 32.2 Å². The maximum atomic E-state index is 11.7. The lowest BCUT2D eigenvalue weighted by atomic mass is 9.79. The topological polar surface area (TPSA) is 105 Å². The number of hydrogen-bond donors (Lipinski definition) is 0. The second-order valence-electron chi connectivity index (χ2n) is 14.0. The first-order valence-corrected chi connectivity index (χ1v) is 18.7. The molecule has 0 N–H and O–H groups in total. The van der Waals surface area contributed by atoms with Crippen molar-refractivity contribution in [3.8, 4) is 0 Å². The summed E-state index contributed by atoms with van der Waals surface area (Å²) in [6.07, 6.45) is 10.3. The molecule has 4 aromatic carbocycles. The fourth-order valence-electron chi connectivity index (χ4n) is 8.09. The zero-order chi connectivity index (χ0) is 35.7. The Morgan fingerprint density at radius 3 is 2.34 bits per heavy atom. The van der Waals surface area contributed by atoms with Crippen LogP contribution in [0.4, 0.5) is 11.4 Å². The predicted octanol–water partition coefficient (Wildman–Crippen LogP) is 8.21. The summed E-state index contributed by atoms with van der Waals surface area (Å²) in [6.45, 7) is 8.79. The molecule has 4 aromatic rings. The van der Waals surface area contributed by atoms with E-state index in [1.807, 2.05) is 31.3 Å². The summed E-state index contributed by atoms with van der Waals surface area (Å²) in [7, 11) is -0.418. The molecular weight excluding hydrogens is 692 g/mol. The maximum absolute atomic E-state index is 11.7. The molecular formula is C39H36ClN2O6S2-. The van der Waals surface area contributed by atoms with E-state index < -0.39 is 10.1 Å². The van der Waals surface area contributed by atoms with Crippen molar-refractivity contribution in [1.82, 2.24) is 0 Å². The van der Waals surface area contributed by atoms with Crippen LogP contribution in [0.25, 0.3) is 21.5 Å². The third-order valence-corrected chi connectivity index (χ3v) is 12.4. The van der Waals surface area contributed by atoms with Crippen molar-refractivity contribution in [3.05, 3.63) is 118 Å². The molecule has 8 nitrogen and oxygen atoms in total. The summed E-state index contributed by atoms with van der Waals surface area (Å²) in [5, 5.41) is 18.4. The Labute approximate surface area is 301 Å². The van der Waals surface area contributed by atoms with E-state index in [1.54, 1.807) is 6.07 Å². The molecule has 0 fully saturated rings. The van der Waals surface area contributed by atoms with E-state index in [0.29, 0.717) is 0 Å². The number of hydrogen-bond acceptors (Lipinski definition) is 8. The quantitative estimate of drug-likeness (QED) is 0.0617. The minimum Gasteiger partial charge on any atom is -0.744 e. The average molecular weight is 728 g/mol. The standard InChI is InChI=1S/C39H37ClN2O6S2/c1-38(2)33(41(5)31-17-9-25-21-27(49-48-47-43)13-15-29(25)35(31)38)19-11-23-7-8-24(37(23)40)12-20-34-39(3,4)36-30-16-14-28(50(44,45)46)22-26(30)10-18-32(36)42(34)6/h9-22H,7-8H2,1-6H3,(H-,43,44,45,46)/p-1. The fraction of sp³-hybridized carbons (Fsp3) is 0.256. The fourth-order valence-corrected chi connectivity index (χ4v) is 9.31. The molecule has 0 atom stereocenters. The van der Waals surface area contributed by atoms with Crippen LogP contribution >= 0.6 is 23.6 Å². The lowest BCUT2D eigenvalue weighted by Crippen LogP contribution is -2.26. The lowest BCUT2D eigenvalue weighted by molar-refractivity contribution is -0.777. The smallest absolute Gasteiger partial charge is 0.210 e. The van der Waals surface area contributed by atoms with Gasteiger partial charge in [0.1, 0.15) is 17.2 Å². The van der Waals surface area contributed by atoms with Gasteiger partial charge in [0.2, 0.25) is 5.69 Å². The van der Waals surface area contributed by atoms with E-state index in [0.717, 1.165) is 95.9 Å². The minimum atomic E-state index is -4.55. The summed E-state index contributed by atoms with van der Waals surface area (Å²) in [4.78, 5) is 2.79. The van der Waals surface area contributed by atoms with Crippen LogP contribution in [0, 0.1) is 0 Å². The van der Waals surface area contributed by atoms with Crippen LogP contribution in [-0.4, -0.2) is 37.4 Å². The molecule has 50 heavy (non-hydrogen) atoms. The molecule has 0 bridgehead atoms. The number of likely N-dealkylation sites (N-methyl/N-ethyl adjacent to an activating group) is 1. The number of rotatable bonds is 7. The van der Waals surface area contributed by atoms with Crippen LogP contribution in [0.1, 0.15) is 51.7 Å². The van der Waals surface area contributed by atoms with Gasteiger partial charge in [-0.15, -0.1) is 0 Å². The van der Waals surface area contributed by atoms with Crippen molar-refractivity contribution in [2.45, 2.75) is 61.2 Å². The molecule has 0 amide bonds. The van der Waals surface area contributed by atoms with Gasteiger partial charge in [0.25, 0.3) is 0 Å². The van der Waals surface area contributed by atoms with E-state index in [4.69, 9.17) is 11.6 Å². The monoisotopic (exact) mass is 727 g/mol.